The Morgan fingerprint density at radius 1 is 1.02 bits per heavy atom. The van der Waals surface area contributed by atoms with E-state index in [9.17, 15) is 9.59 Å². The first-order valence-corrected chi connectivity index (χ1v) is 14.0. The molecule has 0 radical (unpaired) electrons. The Morgan fingerprint density at radius 3 is 2.56 bits per heavy atom. The molecular formula is C32H28ClN7O3. The fraction of sp³-hybridized carbons (Fsp3) is 0.188. The van der Waals surface area contributed by atoms with Crippen molar-refractivity contribution in [3.8, 4) is 16.8 Å². The number of H-pyrrole nitrogens is 1. The van der Waals surface area contributed by atoms with E-state index in [4.69, 9.17) is 21.3 Å². The number of aromatic amines is 1. The van der Waals surface area contributed by atoms with Crippen molar-refractivity contribution < 1.29 is 9.53 Å². The van der Waals surface area contributed by atoms with Crippen molar-refractivity contribution in [2.45, 2.75) is 38.8 Å². The second-order valence-electron chi connectivity index (χ2n) is 11.1. The molecule has 11 heteroatoms. The zero-order chi connectivity index (χ0) is 30.1. The highest BCUT2D eigenvalue weighted by atomic mass is 35.5. The highest BCUT2D eigenvalue weighted by Gasteiger charge is 2.23. The molecule has 3 aromatic carbocycles. The summed E-state index contributed by atoms with van der Waals surface area (Å²) in [7, 11) is 0. The molecule has 3 heterocycles. The van der Waals surface area contributed by atoms with Gasteiger partial charge in [-0.3, -0.25) is 4.79 Å². The van der Waals surface area contributed by atoms with Crippen LogP contribution in [-0.4, -0.2) is 46.3 Å². The summed E-state index contributed by atoms with van der Waals surface area (Å²) in [6.45, 7) is 5.48. The first-order chi connectivity index (χ1) is 20.6. The Morgan fingerprint density at radius 2 is 1.84 bits per heavy atom. The summed E-state index contributed by atoms with van der Waals surface area (Å²) in [6.07, 6.45) is 3.75. The van der Waals surface area contributed by atoms with Gasteiger partial charge in [-0.25, -0.2) is 9.78 Å². The number of carbonyl (C=O) groups excluding carboxylic acids is 1. The third kappa shape index (κ3) is 6.09. The number of hydrogen-bond donors (Lipinski definition) is 1. The fourth-order valence-corrected chi connectivity index (χ4v) is 5.11. The van der Waals surface area contributed by atoms with Gasteiger partial charge in [-0.2, -0.15) is 4.68 Å². The summed E-state index contributed by atoms with van der Waals surface area (Å²) in [4.78, 5) is 34.7. The lowest BCUT2D eigenvalue weighted by molar-refractivity contribution is 0.00696. The van der Waals surface area contributed by atoms with Crippen molar-refractivity contribution in [1.29, 1.82) is 0 Å². The summed E-state index contributed by atoms with van der Waals surface area (Å²) < 4.78 is 8.72. The van der Waals surface area contributed by atoms with Crippen LogP contribution in [0.25, 0.3) is 27.8 Å². The maximum atomic E-state index is 13.8. The van der Waals surface area contributed by atoms with Crippen molar-refractivity contribution >= 4 is 28.6 Å². The van der Waals surface area contributed by atoms with E-state index in [1.807, 2.05) is 57.2 Å². The fourth-order valence-electron chi connectivity index (χ4n) is 4.94. The number of tetrazole rings is 1. The molecular weight excluding hydrogens is 566 g/mol. The topological polar surface area (TPSA) is 121 Å². The summed E-state index contributed by atoms with van der Waals surface area (Å²) in [5.74, 6) is 0.167. The number of hydrogen-bond acceptors (Lipinski definition) is 7. The number of fused-ring (bicyclic) bond motifs is 1. The van der Waals surface area contributed by atoms with Crippen LogP contribution in [0.15, 0.2) is 96.2 Å². The predicted octanol–water partition coefficient (Wildman–Crippen LogP) is 5.81. The third-order valence-corrected chi connectivity index (χ3v) is 7.11. The first kappa shape index (κ1) is 28.0. The van der Waals surface area contributed by atoms with Gasteiger partial charge < -0.3 is 14.3 Å². The lowest BCUT2D eigenvalue weighted by Crippen LogP contribution is -2.27. The minimum atomic E-state index is -0.616. The maximum Gasteiger partial charge on any atom is 0.338 e. The monoisotopic (exact) mass is 593 g/mol. The Hall–Kier alpha value is -5.09. The molecule has 0 saturated heterocycles. The van der Waals surface area contributed by atoms with E-state index in [1.165, 1.54) is 11.0 Å². The van der Waals surface area contributed by atoms with Gasteiger partial charge in [0, 0.05) is 29.3 Å². The molecule has 0 aliphatic rings. The molecule has 3 aromatic heterocycles. The number of ether oxygens (including phenoxy) is 1. The highest BCUT2D eigenvalue weighted by molar-refractivity contribution is 6.31. The van der Waals surface area contributed by atoms with Crippen LogP contribution in [0.3, 0.4) is 0 Å². The van der Waals surface area contributed by atoms with Crippen molar-refractivity contribution in [2.75, 3.05) is 0 Å². The van der Waals surface area contributed by atoms with Crippen LogP contribution in [0, 0.1) is 0 Å². The lowest BCUT2D eigenvalue weighted by atomic mass is 10.0. The van der Waals surface area contributed by atoms with Crippen LogP contribution in [0.5, 0.6) is 0 Å². The van der Waals surface area contributed by atoms with Gasteiger partial charge in [-0.1, -0.05) is 41.9 Å². The van der Waals surface area contributed by atoms with Crippen LogP contribution in [-0.2, 0) is 11.2 Å². The zero-order valence-corrected chi connectivity index (χ0v) is 24.5. The Balaban J connectivity index is 1.41. The molecule has 1 N–H and O–H groups in total. The molecule has 6 aromatic rings. The second kappa shape index (κ2) is 11.3. The molecule has 0 fully saturated rings. The summed E-state index contributed by atoms with van der Waals surface area (Å²) >= 11 is 6.34. The van der Waals surface area contributed by atoms with E-state index in [2.05, 4.69) is 20.5 Å². The third-order valence-electron chi connectivity index (χ3n) is 6.87. The van der Waals surface area contributed by atoms with Gasteiger partial charge in [-0.05, 0) is 84.8 Å². The first-order valence-electron chi connectivity index (χ1n) is 13.7. The van der Waals surface area contributed by atoms with E-state index in [1.54, 1.807) is 53.2 Å². The van der Waals surface area contributed by atoms with Gasteiger partial charge in [0.2, 0.25) is 0 Å². The van der Waals surface area contributed by atoms with Crippen molar-refractivity contribution in [1.82, 2.24) is 34.7 Å². The molecule has 0 spiro atoms. The normalized spacial score (nSPS) is 12.4. The number of nitrogens with one attached hydrogen (secondary N) is 1. The number of imidazole rings is 1. The van der Waals surface area contributed by atoms with Crippen LogP contribution in [0.2, 0.25) is 5.02 Å². The van der Waals surface area contributed by atoms with Gasteiger partial charge in [0.1, 0.15) is 17.8 Å². The molecule has 6 rings (SSSR count). The van der Waals surface area contributed by atoms with E-state index < -0.39 is 17.6 Å². The molecule has 0 saturated carbocycles. The summed E-state index contributed by atoms with van der Waals surface area (Å²) in [5, 5.41) is 12.0. The Bertz CT molecular complexity index is 1980. The number of rotatable bonds is 7. The molecule has 0 aliphatic heterocycles. The predicted molar refractivity (Wildman–Crippen MR) is 163 cm³/mol. The standard InChI is InChI=1S/C32H28ClN7O3/c1-32(2,3)43-31(42)22-9-11-25-26(16-22)36-30(35-25)28(15-20-7-5-4-6-8-20)39-14-13-21(17-29(39)41)24-18-23(33)10-12-27(24)40-19-34-37-38-40/h4-14,16-19,28H,15H2,1-3H3,(H,35,36). The van der Waals surface area contributed by atoms with Crippen LogP contribution in [0.4, 0.5) is 0 Å². The molecule has 1 unspecified atom stereocenters. The minimum absolute atomic E-state index is 0.226. The van der Waals surface area contributed by atoms with E-state index in [-0.39, 0.29) is 5.56 Å². The van der Waals surface area contributed by atoms with Crippen molar-refractivity contribution in [2.24, 2.45) is 0 Å². The molecule has 43 heavy (non-hydrogen) atoms. The second-order valence-corrected chi connectivity index (χ2v) is 11.6. The number of carbonyl (C=O) groups is 1. The van der Waals surface area contributed by atoms with Crippen LogP contribution >= 0.6 is 11.6 Å². The molecule has 10 nitrogen and oxygen atoms in total. The number of nitrogens with zero attached hydrogens (tertiary/aromatic N) is 6. The van der Waals surface area contributed by atoms with Gasteiger partial charge in [0.25, 0.3) is 5.56 Å². The summed E-state index contributed by atoms with van der Waals surface area (Å²) in [6, 6.07) is 23.4. The van der Waals surface area contributed by atoms with Crippen molar-refractivity contribution in [3.05, 3.63) is 124 Å². The molecule has 216 valence electrons. The molecule has 0 aliphatic carbocycles. The average molecular weight is 594 g/mol. The van der Waals surface area contributed by atoms with Crippen LogP contribution < -0.4 is 5.56 Å². The van der Waals surface area contributed by atoms with E-state index in [0.717, 1.165) is 11.1 Å². The van der Waals surface area contributed by atoms with Gasteiger partial charge >= 0.3 is 5.97 Å². The van der Waals surface area contributed by atoms with Crippen LogP contribution in [0.1, 0.15) is 48.6 Å². The lowest BCUT2D eigenvalue weighted by Gasteiger charge is -2.19. The van der Waals surface area contributed by atoms with E-state index in [0.29, 0.717) is 45.2 Å². The summed E-state index contributed by atoms with van der Waals surface area (Å²) in [5.41, 5.74) is 4.01. The van der Waals surface area contributed by atoms with Crippen molar-refractivity contribution in [3.63, 3.8) is 0 Å². The van der Waals surface area contributed by atoms with E-state index >= 15 is 0 Å². The minimum Gasteiger partial charge on any atom is -0.456 e. The SMILES string of the molecule is CC(C)(C)OC(=O)c1ccc2[nH]c(C(Cc3ccccc3)n3ccc(-c4cc(Cl)ccc4-n4cnnn4)cc3=O)nc2c1. The van der Waals surface area contributed by atoms with Gasteiger partial charge in [0.15, 0.2) is 0 Å². The number of pyridine rings is 1. The quantitative estimate of drug-likeness (QED) is 0.232. The average Bonchev–Trinajstić information content (AvgIpc) is 3.66. The highest BCUT2D eigenvalue weighted by Crippen LogP contribution is 2.30. The Labute approximate surface area is 251 Å². The Kier molecular flexibility index (Phi) is 7.37. The zero-order valence-electron chi connectivity index (χ0n) is 23.7. The number of halogens is 1. The van der Waals surface area contributed by atoms with Gasteiger partial charge in [0.05, 0.1) is 28.3 Å². The smallest absolute Gasteiger partial charge is 0.338 e. The number of benzene rings is 3. The molecule has 0 bridgehead atoms. The molecule has 0 amide bonds. The molecule has 1 atom stereocenters. The maximum absolute atomic E-state index is 13.8. The van der Waals surface area contributed by atoms with Gasteiger partial charge in [-0.15, -0.1) is 5.10 Å². The number of esters is 1. The number of aromatic nitrogens is 7. The largest absolute Gasteiger partial charge is 0.456 e.